The highest BCUT2D eigenvalue weighted by Gasteiger charge is 2.28. The Labute approximate surface area is 191 Å². The van der Waals surface area contributed by atoms with Crippen LogP contribution in [0.3, 0.4) is 0 Å². The predicted octanol–water partition coefficient (Wildman–Crippen LogP) is 3.57. The number of ether oxygens (including phenoxy) is 1. The van der Waals surface area contributed by atoms with Crippen LogP contribution in [-0.2, 0) is 32.0 Å². The number of esters is 1. The van der Waals surface area contributed by atoms with Gasteiger partial charge in [-0.25, -0.2) is 4.79 Å². The number of hydrogen-bond donors (Lipinski definition) is 2. The molecule has 2 aromatic carbocycles. The molecular weight excluding hydrogens is 460 g/mol. The van der Waals surface area contributed by atoms with Crippen molar-refractivity contribution >= 4 is 33.7 Å². The number of halogens is 1. The highest BCUT2D eigenvalue weighted by molar-refractivity contribution is 9.10. The van der Waals surface area contributed by atoms with E-state index in [1.54, 1.807) is 27.7 Å². The number of carbonyl (C=O) groups is 3. The summed E-state index contributed by atoms with van der Waals surface area (Å²) in [7, 11) is 0. The summed E-state index contributed by atoms with van der Waals surface area (Å²) < 4.78 is 6.40. The molecule has 0 bridgehead atoms. The summed E-state index contributed by atoms with van der Waals surface area (Å²) in [5.74, 6) is -1.24. The molecule has 2 rings (SSSR count). The molecular formula is C24H29BrN2O4. The van der Waals surface area contributed by atoms with Crippen molar-refractivity contribution in [3.05, 3.63) is 70.2 Å². The quantitative estimate of drug-likeness (QED) is 0.556. The van der Waals surface area contributed by atoms with Crippen LogP contribution in [0.2, 0.25) is 0 Å². The fourth-order valence-corrected chi connectivity index (χ4v) is 3.12. The normalized spacial score (nSPS) is 13.1. The lowest BCUT2D eigenvalue weighted by atomic mass is 10.0. The summed E-state index contributed by atoms with van der Waals surface area (Å²) in [4.78, 5) is 37.7. The molecule has 0 aliphatic rings. The summed E-state index contributed by atoms with van der Waals surface area (Å²) in [5, 5.41) is 5.41. The summed E-state index contributed by atoms with van der Waals surface area (Å²) in [6.45, 7) is 6.91. The van der Waals surface area contributed by atoms with Gasteiger partial charge in [-0.2, -0.15) is 0 Å². The molecule has 0 saturated carbocycles. The minimum Gasteiger partial charge on any atom is -0.458 e. The monoisotopic (exact) mass is 488 g/mol. The Bertz CT molecular complexity index is 892. The number of benzene rings is 2. The maximum Gasteiger partial charge on any atom is 0.329 e. The van der Waals surface area contributed by atoms with E-state index in [1.807, 2.05) is 54.6 Å². The first-order valence-corrected chi connectivity index (χ1v) is 10.9. The van der Waals surface area contributed by atoms with Crippen LogP contribution in [0.4, 0.5) is 0 Å². The van der Waals surface area contributed by atoms with Gasteiger partial charge in [-0.1, -0.05) is 58.4 Å². The van der Waals surface area contributed by atoms with Gasteiger partial charge in [0, 0.05) is 10.9 Å². The van der Waals surface area contributed by atoms with Gasteiger partial charge in [0.25, 0.3) is 0 Å². The van der Waals surface area contributed by atoms with Crippen molar-refractivity contribution in [1.82, 2.24) is 10.6 Å². The number of amides is 2. The number of nitrogens with one attached hydrogen (secondary N) is 2. The van der Waals surface area contributed by atoms with Crippen LogP contribution in [0.1, 0.15) is 38.8 Å². The van der Waals surface area contributed by atoms with Gasteiger partial charge in [-0.15, -0.1) is 0 Å². The third-order valence-electron chi connectivity index (χ3n) is 4.34. The third-order valence-corrected chi connectivity index (χ3v) is 4.87. The molecule has 166 valence electrons. The topological polar surface area (TPSA) is 84.5 Å². The van der Waals surface area contributed by atoms with E-state index < -0.39 is 29.6 Å². The molecule has 2 amide bonds. The third kappa shape index (κ3) is 8.92. The van der Waals surface area contributed by atoms with E-state index in [-0.39, 0.29) is 12.3 Å². The van der Waals surface area contributed by atoms with E-state index in [9.17, 15) is 14.4 Å². The minimum atomic E-state index is -0.861. The van der Waals surface area contributed by atoms with Crippen molar-refractivity contribution < 1.29 is 19.1 Å². The van der Waals surface area contributed by atoms with Gasteiger partial charge in [0.2, 0.25) is 11.8 Å². The van der Waals surface area contributed by atoms with Crippen LogP contribution in [0.25, 0.3) is 0 Å². The largest absolute Gasteiger partial charge is 0.458 e. The van der Waals surface area contributed by atoms with E-state index in [0.717, 1.165) is 15.6 Å². The molecule has 2 N–H and O–H groups in total. The molecule has 0 aliphatic carbocycles. The fourth-order valence-electron chi connectivity index (χ4n) is 2.86. The molecule has 2 atom stereocenters. The molecule has 0 spiro atoms. The van der Waals surface area contributed by atoms with Crippen molar-refractivity contribution in [2.24, 2.45) is 0 Å². The first-order valence-electron chi connectivity index (χ1n) is 10.1. The van der Waals surface area contributed by atoms with Crippen molar-refractivity contribution in [2.45, 2.75) is 58.2 Å². The Morgan fingerprint density at radius 2 is 1.55 bits per heavy atom. The van der Waals surface area contributed by atoms with Crippen molar-refractivity contribution in [1.29, 1.82) is 0 Å². The van der Waals surface area contributed by atoms with E-state index in [0.29, 0.717) is 6.42 Å². The van der Waals surface area contributed by atoms with Crippen LogP contribution in [0, 0.1) is 0 Å². The van der Waals surface area contributed by atoms with E-state index in [4.69, 9.17) is 4.74 Å². The van der Waals surface area contributed by atoms with Crippen molar-refractivity contribution in [3.63, 3.8) is 0 Å². The zero-order chi connectivity index (χ0) is 23.0. The Morgan fingerprint density at radius 3 is 2.13 bits per heavy atom. The van der Waals surface area contributed by atoms with Gasteiger partial charge in [0.15, 0.2) is 0 Å². The van der Waals surface area contributed by atoms with E-state index in [2.05, 4.69) is 26.6 Å². The summed E-state index contributed by atoms with van der Waals surface area (Å²) in [6.07, 6.45) is 0.450. The van der Waals surface area contributed by atoms with Gasteiger partial charge in [0.1, 0.15) is 17.7 Å². The second kappa shape index (κ2) is 11.1. The van der Waals surface area contributed by atoms with Crippen LogP contribution in [-0.4, -0.2) is 35.5 Å². The molecule has 0 aliphatic heterocycles. The lowest BCUT2D eigenvalue weighted by Gasteiger charge is -2.25. The smallest absolute Gasteiger partial charge is 0.329 e. The molecule has 0 aromatic heterocycles. The molecule has 2 aromatic rings. The van der Waals surface area contributed by atoms with Crippen molar-refractivity contribution in [2.75, 3.05) is 0 Å². The fraction of sp³-hybridized carbons (Fsp3) is 0.375. The molecule has 0 saturated heterocycles. The van der Waals surface area contributed by atoms with Crippen LogP contribution >= 0.6 is 15.9 Å². The highest BCUT2D eigenvalue weighted by atomic mass is 79.9. The van der Waals surface area contributed by atoms with Crippen LogP contribution < -0.4 is 10.6 Å². The van der Waals surface area contributed by atoms with Gasteiger partial charge >= 0.3 is 5.97 Å². The van der Waals surface area contributed by atoms with Crippen molar-refractivity contribution in [3.8, 4) is 0 Å². The van der Waals surface area contributed by atoms with Crippen LogP contribution in [0.5, 0.6) is 0 Å². The Hall–Kier alpha value is -2.67. The second-order valence-electron chi connectivity index (χ2n) is 8.38. The molecule has 7 heteroatoms. The molecule has 0 radical (unpaired) electrons. The molecule has 0 heterocycles. The standard InChI is InChI=1S/C24H29BrN2O4/c1-16(26-21(28)15-18-10-12-19(25)13-11-18)22(29)27-20(23(30)31-24(2,3)4)14-17-8-6-5-7-9-17/h5-13,16,20H,14-15H2,1-4H3,(H,26,28)(H,27,29)/t16-,20-/m0/s1. The lowest BCUT2D eigenvalue weighted by molar-refractivity contribution is -0.158. The first-order chi connectivity index (χ1) is 14.5. The number of rotatable bonds is 8. The number of hydrogen-bond acceptors (Lipinski definition) is 4. The molecule has 0 fully saturated rings. The molecule has 31 heavy (non-hydrogen) atoms. The maximum atomic E-state index is 12.7. The summed E-state index contributed by atoms with van der Waals surface area (Å²) >= 11 is 3.36. The maximum absolute atomic E-state index is 12.7. The van der Waals surface area contributed by atoms with Gasteiger partial charge in [0.05, 0.1) is 6.42 Å². The van der Waals surface area contributed by atoms with Gasteiger partial charge < -0.3 is 15.4 Å². The average molecular weight is 489 g/mol. The Kier molecular flexibility index (Phi) is 8.80. The molecule has 0 unspecified atom stereocenters. The van der Waals surface area contributed by atoms with Crippen LogP contribution in [0.15, 0.2) is 59.1 Å². The predicted molar refractivity (Wildman–Crippen MR) is 123 cm³/mol. The zero-order valence-corrected chi connectivity index (χ0v) is 19.9. The van der Waals surface area contributed by atoms with E-state index in [1.165, 1.54) is 0 Å². The Morgan fingerprint density at radius 1 is 0.935 bits per heavy atom. The highest BCUT2D eigenvalue weighted by Crippen LogP contribution is 2.12. The van der Waals surface area contributed by atoms with Gasteiger partial charge in [-0.05, 0) is 51.0 Å². The second-order valence-corrected chi connectivity index (χ2v) is 9.29. The first kappa shape index (κ1) is 24.6. The lowest BCUT2D eigenvalue weighted by Crippen LogP contribution is -2.52. The van der Waals surface area contributed by atoms with E-state index >= 15 is 0 Å². The Balaban J connectivity index is 2.00. The summed E-state index contributed by atoms with van der Waals surface area (Å²) in [5.41, 5.74) is 1.05. The minimum absolute atomic E-state index is 0.157. The van der Waals surface area contributed by atoms with Gasteiger partial charge in [-0.3, -0.25) is 9.59 Å². The zero-order valence-electron chi connectivity index (χ0n) is 18.3. The average Bonchev–Trinajstić information content (AvgIpc) is 2.68. The number of carbonyl (C=O) groups excluding carboxylic acids is 3. The SMILES string of the molecule is C[C@H](NC(=O)Cc1ccc(Br)cc1)C(=O)N[C@@H](Cc1ccccc1)C(=O)OC(C)(C)C. The summed E-state index contributed by atoms with van der Waals surface area (Å²) in [6, 6.07) is 15.1. The molecule has 6 nitrogen and oxygen atoms in total.